The Hall–Kier alpha value is -1.97. The van der Waals surface area contributed by atoms with Gasteiger partial charge in [0, 0.05) is 0 Å². The van der Waals surface area contributed by atoms with Gasteiger partial charge in [-0.1, -0.05) is 18.2 Å². The van der Waals surface area contributed by atoms with Crippen molar-refractivity contribution in [3.63, 3.8) is 0 Å². The van der Waals surface area contributed by atoms with E-state index in [1.807, 2.05) is 26.0 Å². The SMILES string of the molecule is CC=CCOc1ccc(CC(=O)O)cc1OCC. The minimum Gasteiger partial charge on any atom is -0.490 e. The van der Waals surface area contributed by atoms with Crippen molar-refractivity contribution in [1.82, 2.24) is 0 Å². The van der Waals surface area contributed by atoms with Gasteiger partial charge in [0.05, 0.1) is 13.0 Å². The topological polar surface area (TPSA) is 55.8 Å². The first-order valence-corrected chi connectivity index (χ1v) is 5.88. The number of carboxylic acids is 1. The zero-order valence-corrected chi connectivity index (χ0v) is 10.7. The second kappa shape index (κ2) is 7.37. The molecular formula is C14H18O4. The van der Waals surface area contributed by atoms with Crippen LogP contribution in [0.2, 0.25) is 0 Å². The van der Waals surface area contributed by atoms with Crippen LogP contribution in [0.4, 0.5) is 0 Å². The van der Waals surface area contributed by atoms with E-state index in [1.54, 1.807) is 18.2 Å². The van der Waals surface area contributed by atoms with Gasteiger partial charge < -0.3 is 14.6 Å². The van der Waals surface area contributed by atoms with Crippen molar-refractivity contribution < 1.29 is 19.4 Å². The molecule has 1 rings (SSSR count). The first-order valence-electron chi connectivity index (χ1n) is 5.88. The molecule has 0 saturated carbocycles. The lowest BCUT2D eigenvalue weighted by Gasteiger charge is -2.11. The summed E-state index contributed by atoms with van der Waals surface area (Å²) in [4.78, 5) is 10.7. The smallest absolute Gasteiger partial charge is 0.307 e. The summed E-state index contributed by atoms with van der Waals surface area (Å²) < 4.78 is 11.0. The van der Waals surface area contributed by atoms with Crippen molar-refractivity contribution in [3.8, 4) is 11.5 Å². The van der Waals surface area contributed by atoms with Crippen LogP contribution in [0.3, 0.4) is 0 Å². The van der Waals surface area contributed by atoms with Gasteiger partial charge in [0.1, 0.15) is 6.61 Å². The van der Waals surface area contributed by atoms with E-state index in [9.17, 15) is 4.79 Å². The van der Waals surface area contributed by atoms with E-state index >= 15 is 0 Å². The molecule has 98 valence electrons. The molecule has 1 aromatic carbocycles. The number of hydrogen-bond acceptors (Lipinski definition) is 3. The summed E-state index contributed by atoms with van der Waals surface area (Å²) in [6, 6.07) is 5.19. The number of hydrogen-bond donors (Lipinski definition) is 1. The van der Waals surface area contributed by atoms with Crippen LogP contribution >= 0.6 is 0 Å². The third-order valence-corrected chi connectivity index (χ3v) is 2.23. The Bertz CT molecular complexity index is 424. The van der Waals surface area contributed by atoms with E-state index in [1.165, 1.54) is 0 Å². The largest absolute Gasteiger partial charge is 0.490 e. The molecule has 0 atom stereocenters. The number of aliphatic carboxylic acids is 1. The quantitative estimate of drug-likeness (QED) is 0.756. The molecule has 0 saturated heterocycles. The monoisotopic (exact) mass is 250 g/mol. The van der Waals surface area contributed by atoms with Gasteiger partial charge in [-0.2, -0.15) is 0 Å². The first-order chi connectivity index (χ1) is 8.67. The van der Waals surface area contributed by atoms with Crippen molar-refractivity contribution in [1.29, 1.82) is 0 Å². The van der Waals surface area contributed by atoms with E-state index in [0.717, 1.165) is 0 Å². The first kappa shape index (κ1) is 14.1. The lowest BCUT2D eigenvalue weighted by atomic mass is 10.1. The zero-order valence-electron chi connectivity index (χ0n) is 10.7. The van der Waals surface area contributed by atoms with Crippen LogP contribution in [0.1, 0.15) is 19.4 Å². The average molecular weight is 250 g/mol. The summed E-state index contributed by atoms with van der Waals surface area (Å²) in [6.07, 6.45) is 3.77. The van der Waals surface area contributed by atoms with Crippen LogP contribution in [0, 0.1) is 0 Å². The van der Waals surface area contributed by atoms with Crippen molar-refractivity contribution >= 4 is 5.97 Å². The molecule has 0 amide bonds. The minimum absolute atomic E-state index is 0.0186. The van der Waals surface area contributed by atoms with Crippen LogP contribution in [0.5, 0.6) is 11.5 Å². The molecule has 0 fully saturated rings. The van der Waals surface area contributed by atoms with Crippen molar-refractivity contribution in [2.24, 2.45) is 0 Å². The summed E-state index contributed by atoms with van der Waals surface area (Å²) >= 11 is 0. The third kappa shape index (κ3) is 4.49. The number of ether oxygens (including phenoxy) is 2. The number of benzene rings is 1. The molecule has 0 aliphatic rings. The molecule has 1 aromatic rings. The Labute approximate surface area is 107 Å². The maximum atomic E-state index is 10.7. The molecule has 0 aliphatic heterocycles. The van der Waals surface area contributed by atoms with E-state index in [0.29, 0.717) is 30.3 Å². The summed E-state index contributed by atoms with van der Waals surface area (Å²) in [7, 11) is 0. The highest BCUT2D eigenvalue weighted by Crippen LogP contribution is 2.28. The van der Waals surface area contributed by atoms with Crippen LogP contribution in [-0.4, -0.2) is 24.3 Å². The van der Waals surface area contributed by atoms with Gasteiger partial charge in [0.15, 0.2) is 11.5 Å². The minimum atomic E-state index is -0.861. The molecule has 4 nitrogen and oxygen atoms in total. The van der Waals surface area contributed by atoms with Crippen LogP contribution in [-0.2, 0) is 11.2 Å². The van der Waals surface area contributed by atoms with Crippen LogP contribution in [0.25, 0.3) is 0 Å². The number of allylic oxidation sites excluding steroid dienone is 1. The van der Waals surface area contributed by atoms with Crippen LogP contribution < -0.4 is 9.47 Å². The van der Waals surface area contributed by atoms with Crippen molar-refractivity contribution in [2.75, 3.05) is 13.2 Å². The lowest BCUT2D eigenvalue weighted by Crippen LogP contribution is -2.03. The summed E-state index contributed by atoms with van der Waals surface area (Å²) in [5.41, 5.74) is 0.698. The fourth-order valence-electron chi connectivity index (χ4n) is 1.46. The van der Waals surface area contributed by atoms with E-state index in [2.05, 4.69) is 0 Å². The molecule has 0 radical (unpaired) electrons. The van der Waals surface area contributed by atoms with Gasteiger partial charge >= 0.3 is 5.97 Å². The van der Waals surface area contributed by atoms with Crippen molar-refractivity contribution in [2.45, 2.75) is 20.3 Å². The Kier molecular flexibility index (Phi) is 5.77. The molecule has 0 unspecified atom stereocenters. The second-order valence-corrected chi connectivity index (χ2v) is 3.66. The molecule has 0 aromatic heterocycles. The third-order valence-electron chi connectivity index (χ3n) is 2.23. The van der Waals surface area contributed by atoms with Gasteiger partial charge in [-0.25, -0.2) is 0 Å². The van der Waals surface area contributed by atoms with Gasteiger partial charge in [-0.3, -0.25) is 4.79 Å². The van der Waals surface area contributed by atoms with E-state index < -0.39 is 5.97 Å². The Morgan fingerprint density at radius 2 is 2.11 bits per heavy atom. The standard InChI is InChI=1S/C14H18O4/c1-3-5-8-18-12-7-6-11(10-14(15)16)9-13(12)17-4-2/h3,5-7,9H,4,8,10H2,1-2H3,(H,15,16). The number of rotatable bonds is 7. The Balaban J connectivity index is 2.85. The highest BCUT2D eigenvalue weighted by Gasteiger charge is 2.08. The summed E-state index contributed by atoms with van der Waals surface area (Å²) in [6.45, 7) is 4.77. The van der Waals surface area contributed by atoms with Gasteiger partial charge in [0.25, 0.3) is 0 Å². The maximum Gasteiger partial charge on any atom is 0.307 e. The fourth-order valence-corrected chi connectivity index (χ4v) is 1.46. The predicted molar refractivity (Wildman–Crippen MR) is 69.3 cm³/mol. The average Bonchev–Trinajstić information content (AvgIpc) is 2.32. The Morgan fingerprint density at radius 3 is 2.72 bits per heavy atom. The number of carbonyl (C=O) groups is 1. The normalized spacial score (nSPS) is 10.6. The molecule has 0 spiro atoms. The molecule has 0 heterocycles. The molecular weight excluding hydrogens is 232 g/mol. The Morgan fingerprint density at radius 1 is 1.33 bits per heavy atom. The molecule has 0 aliphatic carbocycles. The zero-order chi connectivity index (χ0) is 13.4. The van der Waals surface area contributed by atoms with Crippen LogP contribution in [0.15, 0.2) is 30.4 Å². The number of carboxylic acid groups (broad SMARTS) is 1. The summed E-state index contributed by atoms with van der Waals surface area (Å²) in [5, 5.41) is 8.75. The fraction of sp³-hybridized carbons (Fsp3) is 0.357. The molecule has 1 N–H and O–H groups in total. The van der Waals surface area contributed by atoms with E-state index in [4.69, 9.17) is 14.6 Å². The van der Waals surface area contributed by atoms with Gasteiger partial charge in [-0.05, 0) is 31.5 Å². The summed E-state index contributed by atoms with van der Waals surface area (Å²) in [5.74, 6) is 0.352. The molecule has 18 heavy (non-hydrogen) atoms. The maximum absolute atomic E-state index is 10.7. The van der Waals surface area contributed by atoms with Crippen molar-refractivity contribution in [3.05, 3.63) is 35.9 Å². The highest BCUT2D eigenvalue weighted by molar-refractivity contribution is 5.70. The van der Waals surface area contributed by atoms with Gasteiger partial charge in [-0.15, -0.1) is 0 Å². The van der Waals surface area contributed by atoms with Gasteiger partial charge in [0.2, 0.25) is 0 Å². The molecule has 0 bridgehead atoms. The second-order valence-electron chi connectivity index (χ2n) is 3.66. The predicted octanol–water partition coefficient (Wildman–Crippen LogP) is 2.67. The lowest BCUT2D eigenvalue weighted by molar-refractivity contribution is -0.136. The van der Waals surface area contributed by atoms with E-state index in [-0.39, 0.29) is 6.42 Å². The molecule has 4 heteroatoms. The highest BCUT2D eigenvalue weighted by atomic mass is 16.5.